The van der Waals surface area contributed by atoms with Crippen LogP contribution in [0.1, 0.15) is 162 Å². The number of esters is 1. The van der Waals surface area contributed by atoms with Crippen LogP contribution >= 0.6 is 7.82 Å². The summed E-state index contributed by atoms with van der Waals surface area (Å²) in [6.45, 7) is 5.22. The van der Waals surface area contributed by atoms with E-state index in [2.05, 4.69) is 74.6 Å². The summed E-state index contributed by atoms with van der Waals surface area (Å²) in [5.41, 5.74) is 0. The number of carbonyl (C=O) groups is 1. The number of phosphoric ester groups is 1. The third-order valence-corrected chi connectivity index (χ3v) is 9.77. The standard InChI is InChI=1S/C45H82NO7P/c1-6-8-10-12-14-16-18-20-22-24-26-28-30-32-34-36-38-45(47)53-44(43-52-54(48,49)51-41-39-46(3,4)5)42-50-40-37-35-33-31-29-27-25-23-21-19-17-15-13-11-9-7-2/h9,11,15-18,21-24,44H,6-8,10,12-14,19-20,25-43H2,1-5H3/b11-9-,17-15-,18-16-,23-21-,24-22-. The van der Waals surface area contributed by atoms with E-state index in [1.807, 2.05) is 21.1 Å². The highest BCUT2D eigenvalue weighted by molar-refractivity contribution is 7.45. The van der Waals surface area contributed by atoms with E-state index in [-0.39, 0.29) is 25.8 Å². The van der Waals surface area contributed by atoms with E-state index in [1.54, 1.807) is 0 Å². The van der Waals surface area contributed by atoms with E-state index in [0.717, 1.165) is 89.9 Å². The maximum Gasteiger partial charge on any atom is 0.306 e. The molecule has 0 fully saturated rings. The normalized spacial score (nSPS) is 14.4. The Hall–Kier alpha value is -1.80. The average Bonchev–Trinajstić information content (AvgIpc) is 3.12. The number of carbonyl (C=O) groups excluding carboxylic acids is 1. The summed E-state index contributed by atoms with van der Waals surface area (Å²) in [6, 6.07) is 0. The summed E-state index contributed by atoms with van der Waals surface area (Å²) in [7, 11) is 1.33. The zero-order valence-electron chi connectivity index (χ0n) is 35.4. The average molecular weight is 780 g/mol. The van der Waals surface area contributed by atoms with Gasteiger partial charge in [0.1, 0.15) is 19.3 Å². The minimum absolute atomic E-state index is 0.0177. The van der Waals surface area contributed by atoms with Crippen LogP contribution in [0.15, 0.2) is 60.8 Å². The van der Waals surface area contributed by atoms with Crippen molar-refractivity contribution in [2.45, 2.75) is 168 Å². The summed E-state index contributed by atoms with van der Waals surface area (Å²) in [5.74, 6) is -0.355. The molecule has 2 unspecified atom stereocenters. The van der Waals surface area contributed by atoms with Crippen LogP contribution in [0.2, 0.25) is 0 Å². The Labute approximate surface area is 332 Å². The second kappa shape index (κ2) is 38.1. The van der Waals surface area contributed by atoms with Gasteiger partial charge in [-0.15, -0.1) is 0 Å². The van der Waals surface area contributed by atoms with Crippen molar-refractivity contribution in [1.29, 1.82) is 0 Å². The molecule has 0 aromatic rings. The van der Waals surface area contributed by atoms with Crippen LogP contribution in [0.5, 0.6) is 0 Å². The SMILES string of the molecule is CC/C=C\C/C=C\C/C=C\CCCCCCCCOCC(COP(=O)([O-])OCC[N+](C)(C)C)OC(=O)CCCCCCC/C=C\C/C=C\CCCCCC. The van der Waals surface area contributed by atoms with E-state index in [1.165, 1.54) is 51.4 Å². The topological polar surface area (TPSA) is 94.1 Å². The fraction of sp³-hybridized carbons (Fsp3) is 0.756. The van der Waals surface area contributed by atoms with E-state index in [4.69, 9.17) is 18.5 Å². The second-order valence-corrected chi connectivity index (χ2v) is 16.7. The first-order valence-electron chi connectivity index (χ1n) is 21.5. The van der Waals surface area contributed by atoms with Gasteiger partial charge in [-0.1, -0.05) is 139 Å². The summed E-state index contributed by atoms with van der Waals surface area (Å²) in [4.78, 5) is 25.0. The van der Waals surface area contributed by atoms with Gasteiger partial charge in [-0.3, -0.25) is 9.36 Å². The summed E-state index contributed by atoms with van der Waals surface area (Å²) in [5, 5.41) is 0. The molecule has 0 aromatic carbocycles. The number of hydrogen-bond acceptors (Lipinski definition) is 7. The lowest BCUT2D eigenvalue weighted by Crippen LogP contribution is -2.37. The zero-order chi connectivity index (χ0) is 39.9. The zero-order valence-corrected chi connectivity index (χ0v) is 36.3. The monoisotopic (exact) mass is 780 g/mol. The first-order chi connectivity index (χ1) is 26.1. The Balaban J connectivity index is 4.31. The molecule has 0 saturated heterocycles. The highest BCUT2D eigenvalue weighted by atomic mass is 31.2. The Morgan fingerprint density at radius 2 is 1.07 bits per heavy atom. The molecule has 54 heavy (non-hydrogen) atoms. The first kappa shape index (κ1) is 52.2. The molecule has 0 saturated carbocycles. The van der Waals surface area contributed by atoms with Crippen LogP contribution in [0.3, 0.4) is 0 Å². The molecule has 314 valence electrons. The molecule has 9 heteroatoms. The van der Waals surface area contributed by atoms with Crippen molar-refractivity contribution in [3.63, 3.8) is 0 Å². The van der Waals surface area contributed by atoms with Crippen molar-refractivity contribution in [2.24, 2.45) is 0 Å². The maximum atomic E-state index is 12.7. The number of rotatable bonds is 39. The predicted octanol–water partition coefficient (Wildman–Crippen LogP) is 11.9. The van der Waals surface area contributed by atoms with Crippen LogP contribution in [-0.2, 0) is 27.9 Å². The second-order valence-electron chi connectivity index (χ2n) is 15.3. The molecule has 0 spiro atoms. The minimum Gasteiger partial charge on any atom is -0.756 e. The van der Waals surface area contributed by atoms with Gasteiger partial charge in [-0.25, -0.2) is 0 Å². The summed E-state index contributed by atoms with van der Waals surface area (Å²) < 4.78 is 34.5. The van der Waals surface area contributed by atoms with Gasteiger partial charge in [-0.2, -0.15) is 0 Å². The molecule has 0 bridgehead atoms. The van der Waals surface area contributed by atoms with Gasteiger partial charge in [0, 0.05) is 13.0 Å². The molecule has 0 radical (unpaired) electrons. The van der Waals surface area contributed by atoms with Crippen LogP contribution < -0.4 is 4.89 Å². The minimum atomic E-state index is -4.53. The molecule has 0 aliphatic heterocycles. The third-order valence-electron chi connectivity index (χ3n) is 8.80. The van der Waals surface area contributed by atoms with Crippen molar-refractivity contribution < 1.29 is 37.3 Å². The van der Waals surface area contributed by atoms with Crippen molar-refractivity contribution in [3.05, 3.63) is 60.8 Å². The number of quaternary nitrogens is 1. The number of unbranched alkanes of at least 4 members (excludes halogenated alkanes) is 15. The van der Waals surface area contributed by atoms with Gasteiger partial charge in [0.25, 0.3) is 7.82 Å². The lowest BCUT2D eigenvalue weighted by atomic mass is 10.1. The summed E-state index contributed by atoms with van der Waals surface area (Å²) in [6.07, 6.45) is 46.6. The fourth-order valence-corrected chi connectivity index (χ4v) is 6.20. The highest BCUT2D eigenvalue weighted by Gasteiger charge is 2.20. The Morgan fingerprint density at radius 3 is 1.61 bits per heavy atom. The van der Waals surface area contributed by atoms with Crippen LogP contribution in [0.4, 0.5) is 0 Å². The number of hydrogen-bond donors (Lipinski definition) is 0. The fourth-order valence-electron chi connectivity index (χ4n) is 5.47. The molecule has 0 N–H and O–H groups in total. The van der Waals surface area contributed by atoms with Crippen LogP contribution in [-0.4, -0.2) is 70.7 Å². The molecule has 0 heterocycles. The van der Waals surface area contributed by atoms with Crippen LogP contribution in [0, 0.1) is 0 Å². The molecular weight excluding hydrogens is 697 g/mol. The Morgan fingerprint density at radius 1 is 0.593 bits per heavy atom. The number of allylic oxidation sites excluding steroid dienone is 10. The third kappa shape index (κ3) is 41.4. The van der Waals surface area contributed by atoms with Gasteiger partial charge in [-0.05, 0) is 77.0 Å². The molecule has 0 aromatic heterocycles. The molecule has 0 amide bonds. The van der Waals surface area contributed by atoms with E-state index < -0.39 is 13.9 Å². The van der Waals surface area contributed by atoms with Gasteiger partial charge in [0.2, 0.25) is 0 Å². The van der Waals surface area contributed by atoms with Crippen LogP contribution in [0.25, 0.3) is 0 Å². The van der Waals surface area contributed by atoms with E-state index >= 15 is 0 Å². The van der Waals surface area contributed by atoms with Gasteiger partial charge >= 0.3 is 5.97 Å². The molecule has 8 nitrogen and oxygen atoms in total. The van der Waals surface area contributed by atoms with Gasteiger partial charge in [0.15, 0.2) is 0 Å². The Kier molecular flexibility index (Phi) is 36.8. The maximum absolute atomic E-state index is 12.7. The van der Waals surface area contributed by atoms with Gasteiger partial charge < -0.3 is 27.9 Å². The smallest absolute Gasteiger partial charge is 0.306 e. The van der Waals surface area contributed by atoms with Gasteiger partial charge in [0.05, 0.1) is 34.4 Å². The molecular formula is C45H82NO7P. The van der Waals surface area contributed by atoms with E-state index in [9.17, 15) is 14.3 Å². The molecule has 0 aliphatic carbocycles. The number of nitrogens with zero attached hydrogens (tertiary/aromatic N) is 1. The number of ether oxygens (including phenoxy) is 2. The predicted molar refractivity (Wildman–Crippen MR) is 226 cm³/mol. The van der Waals surface area contributed by atoms with Crippen molar-refractivity contribution in [2.75, 3.05) is 54.1 Å². The Bertz CT molecular complexity index is 1050. The number of likely N-dealkylation sites (N-methyl/N-ethyl adjacent to an activating group) is 1. The lowest BCUT2D eigenvalue weighted by Gasteiger charge is -2.28. The largest absolute Gasteiger partial charge is 0.756 e. The molecule has 0 rings (SSSR count). The lowest BCUT2D eigenvalue weighted by molar-refractivity contribution is -0.870. The van der Waals surface area contributed by atoms with E-state index in [0.29, 0.717) is 24.1 Å². The molecule has 0 aliphatic rings. The first-order valence-corrected chi connectivity index (χ1v) is 23.0. The summed E-state index contributed by atoms with van der Waals surface area (Å²) >= 11 is 0. The highest BCUT2D eigenvalue weighted by Crippen LogP contribution is 2.38. The van der Waals surface area contributed by atoms with Crippen molar-refractivity contribution in [3.8, 4) is 0 Å². The van der Waals surface area contributed by atoms with Crippen molar-refractivity contribution >= 4 is 13.8 Å². The van der Waals surface area contributed by atoms with Crippen molar-refractivity contribution in [1.82, 2.24) is 0 Å². The number of phosphoric acid groups is 1. The molecule has 2 atom stereocenters. The quantitative estimate of drug-likeness (QED) is 0.0202.